The van der Waals surface area contributed by atoms with Crippen molar-refractivity contribution < 1.29 is 24.4 Å². The first-order valence-electron chi connectivity index (χ1n) is 12.1. The van der Waals surface area contributed by atoms with Gasteiger partial charge in [0.1, 0.15) is 11.4 Å². The number of fused-ring (bicyclic) bond motifs is 5. The van der Waals surface area contributed by atoms with Crippen molar-refractivity contribution in [2.24, 2.45) is 28.6 Å². The highest BCUT2D eigenvalue weighted by Crippen LogP contribution is 2.67. The quantitative estimate of drug-likeness (QED) is 0.572. The average Bonchev–Trinajstić information content (AvgIpc) is 3.05. The molecule has 0 aliphatic heterocycles. The molecule has 3 fully saturated rings. The monoisotopic (exact) mass is 483 g/mol. The van der Waals surface area contributed by atoms with Gasteiger partial charge in [-0.1, -0.05) is 43.2 Å². The van der Waals surface area contributed by atoms with Crippen molar-refractivity contribution in [3.63, 3.8) is 0 Å². The number of allylic oxidation sites excluding steroid dienone is 4. The SMILES string of the molecule is Cc1ccc([S+]([O-])NC(=O)[C@@]2(O)CCC3C4CCC5=CC(=O)C=CC5(C)C4[C@@H](O)CC32C)cc1. The van der Waals surface area contributed by atoms with E-state index < -0.39 is 39.8 Å². The fourth-order valence-corrected chi connectivity index (χ4v) is 8.43. The topological polar surface area (TPSA) is 110 Å². The van der Waals surface area contributed by atoms with Crippen LogP contribution in [0, 0.1) is 35.5 Å². The zero-order valence-electron chi connectivity index (χ0n) is 19.9. The van der Waals surface area contributed by atoms with Gasteiger partial charge in [0.25, 0.3) is 5.91 Å². The Morgan fingerprint density at radius 2 is 1.91 bits per heavy atom. The highest BCUT2D eigenvalue weighted by molar-refractivity contribution is 7.90. The van der Waals surface area contributed by atoms with E-state index in [2.05, 4.69) is 11.6 Å². The lowest BCUT2D eigenvalue weighted by Gasteiger charge is -2.59. The number of carbonyl (C=O) groups is 2. The van der Waals surface area contributed by atoms with Gasteiger partial charge in [-0.15, -0.1) is 0 Å². The lowest BCUT2D eigenvalue weighted by molar-refractivity contribution is -0.177. The summed E-state index contributed by atoms with van der Waals surface area (Å²) < 4.78 is 15.4. The molecule has 3 saturated carbocycles. The minimum atomic E-state index is -1.78. The summed E-state index contributed by atoms with van der Waals surface area (Å²) in [5.41, 5.74) is -0.837. The van der Waals surface area contributed by atoms with Crippen LogP contribution in [-0.2, 0) is 21.0 Å². The maximum absolute atomic E-state index is 13.4. The highest BCUT2D eigenvalue weighted by atomic mass is 32.2. The van der Waals surface area contributed by atoms with E-state index in [9.17, 15) is 24.4 Å². The van der Waals surface area contributed by atoms with Crippen LogP contribution in [0.2, 0.25) is 0 Å². The summed E-state index contributed by atoms with van der Waals surface area (Å²) in [6, 6.07) is 7.08. The van der Waals surface area contributed by atoms with E-state index in [0.29, 0.717) is 11.3 Å². The average molecular weight is 484 g/mol. The molecule has 1 aromatic rings. The van der Waals surface area contributed by atoms with Crippen LogP contribution in [0.15, 0.2) is 53.0 Å². The van der Waals surface area contributed by atoms with E-state index in [4.69, 9.17) is 0 Å². The molecule has 4 aliphatic rings. The molecule has 7 heteroatoms. The maximum atomic E-state index is 13.4. The zero-order chi connectivity index (χ0) is 24.5. The molecule has 8 atom stereocenters. The van der Waals surface area contributed by atoms with Gasteiger partial charge in [-0.25, -0.2) is 0 Å². The van der Waals surface area contributed by atoms with E-state index in [0.717, 1.165) is 24.0 Å². The van der Waals surface area contributed by atoms with E-state index in [1.54, 1.807) is 24.3 Å². The van der Waals surface area contributed by atoms with Crippen LogP contribution in [0.1, 0.15) is 51.5 Å². The van der Waals surface area contributed by atoms with Crippen LogP contribution in [0.3, 0.4) is 0 Å². The van der Waals surface area contributed by atoms with Gasteiger partial charge in [0, 0.05) is 16.7 Å². The molecule has 0 radical (unpaired) electrons. The molecule has 6 unspecified atom stereocenters. The van der Waals surface area contributed by atoms with Gasteiger partial charge in [0.2, 0.25) is 0 Å². The van der Waals surface area contributed by atoms with E-state index in [1.165, 1.54) is 0 Å². The molecule has 4 aliphatic carbocycles. The Bertz CT molecular complexity index is 1080. The first-order chi connectivity index (χ1) is 16.0. The second-order valence-corrected chi connectivity index (χ2v) is 12.3. The summed E-state index contributed by atoms with van der Waals surface area (Å²) >= 11 is -1.78. The number of benzene rings is 1. The first-order valence-corrected chi connectivity index (χ1v) is 13.3. The minimum absolute atomic E-state index is 0.00504. The van der Waals surface area contributed by atoms with Crippen molar-refractivity contribution in [3.05, 3.63) is 53.6 Å². The Morgan fingerprint density at radius 3 is 2.62 bits per heavy atom. The predicted molar refractivity (Wildman–Crippen MR) is 129 cm³/mol. The molecule has 182 valence electrons. The van der Waals surface area contributed by atoms with Crippen LogP contribution in [0.25, 0.3) is 0 Å². The molecule has 1 aromatic carbocycles. The molecule has 34 heavy (non-hydrogen) atoms. The molecule has 1 amide bonds. The van der Waals surface area contributed by atoms with Crippen molar-refractivity contribution in [2.45, 2.75) is 69.5 Å². The van der Waals surface area contributed by atoms with Crippen LogP contribution in [0.5, 0.6) is 0 Å². The molecule has 6 nitrogen and oxygen atoms in total. The summed E-state index contributed by atoms with van der Waals surface area (Å²) in [6.07, 6.45) is 7.36. The number of amides is 1. The summed E-state index contributed by atoms with van der Waals surface area (Å²) in [4.78, 5) is 25.8. The first kappa shape index (κ1) is 23.8. The number of ketones is 1. The van der Waals surface area contributed by atoms with Crippen LogP contribution < -0.4 is 4.72 Å². The van der Waals surface area contributed by atoms with Crippen molar-refractivity contribution in [1.82, 2.24) is 4.72 Å². The number of aryl methyl sites for hydroxylation is 1. The largest absolute Gasteiger partial charge is 0.588 e. The maximum Gasteiger partial charge on any atom is 0.293 e. The fourth-order valence-electron chi connectivity index (χ4n) is 7.59. The lowest BCUT2D eigenvalue weighted by Crippen LogP contribution is -2.63. The highest BCUT2D eigenvalue weighted by Gasteiger charge is 2.68. The summed E-state index contributed by atoms with van der Waals surface area (Å²) in [6.45, 7) is 5.94. The molecular weight excluding hydrogens is 450 g/mol. The molecule has 0 heterocycles. The summed E-state index contributed by atoms with van der Waals surface area (Å²) in [5, 5.41) is 23.2. The van der Waals surface area contributed by atoms with Gasteiger partial charge in [0.05, 0.1) is 6.10 Å². The van der Waals surface area contributed by atoms with Gasteiger partial charge in [0.15, 0.2) is 16.3 Å². The van der Waals surface area contributed by atoms with Crippen LogP contribution in [0.4, 0.5) is 0 Å². The van der Waals surface area contributed by atoms with Crippen molar-refractivity contribution in [2.75, 3.05) is 0 Å². The third-order valence-corrected chi connectivity index (χ3v) is 10.5. The number of hydrogen-bond acceptors (Lipinski definition) is 5. The Kier molecular flexibility index (Phi) is 5.63. The molecule has 0 spiro atoms. The van der Waals surface area contributed by atoms with E-state index in [1.807, 2.05) is 32.1 Å². The Balaban J connectivity index is 1.41. The van der Waals surface area contributed by atoms with Gasteiger partial charge in [-0.3, -0.25) is 9.59 Å². The van der Waals surface area contributed by atoms with Crippen molar-refractivity contribution in [3.8, 4) is 0 Å². The number of carbonyl (C=O) groups excluding carboxylic acids is 2. The van der Waals surface area contributed by atoms with Crippen molar-refractivity contribution >= 4 is 23.1 Å². The Hall–Kier alpha value is -1.93. The molecule has 0 bridgehead atoms. The third kappa shape index (κ3) is 3.35. The standard InChI is InChI=1S/C27H33NO5S/c1-16-4-7-19(8-5-16)34(33)28-24(31)27(32)13-11-21-20-9-6-17-14-18(29)10-12-25(17,2)23(20)22(30)15-26(21,27)3/h4-5,7-8,10,12,14,20-23,30,32H,6,9,11,13,15H2,1-3H3,(H,28,31)/t20?,21?,22-,23?,25?,26?,27-,34?/m0/s1. The number of nitrogens with one attached hydrogen (secondary N) is 1. The van der Waals surface area contributed by atoms with E-state index >= 15 is 0 Å². The van der Waals surface area contributed by atoms with Gasteiger partial charge in [-0.2, -0.15) is 4.72 Å². The minimum Gasteiger partial charge on any atom is -0.588 e. The molecule has 0 aromatic heterocycles. The molecule has 5 rings (SSSR count). The van der Waals surface area contributed by atoms with Gasteiger partial charge in [-0.05, 0) is 75.1 Å². The van der Waals surface area contributed by atoms with E-state index in [-0.39, 0.29) is 36.4 Å². The normalized spacial score (nSPS) is 41.7. The summed E-state index contributed by atoms with van der Waals surface area (Å²) in [5.74, 6) is -0.531. The molecule has 3 N–H and O–H groups in total. The Morgan fingerprint density at radius 1 is 1.21 bits per heavy atom. The fraction of sp³-hybridized carbons (Fsp3) is 0.556. The predicted octanol–water partition coefficient (Wildman–Crippen LogP) is 3.14. The number of rotatable bonds is 3. The smallest absolute Gasteiger partial charge is 0.293 e. The van der Waals surface area contributed by atoms with Gasteiger partial charge < -0.3 is 14.8 Å². The van der Waals surface area contributed by atoms with Crippen LogP contribution >= 0.6 is 0 Å². The van der Waals surface area contributed by atoms with Gasteiger partial charge >= 0.3 is 0 Å². The Labute approximate surface area is 203 Å². The van der Waals surface area contributed by atoms with Crippen LogP contribution in [-0.4, -0.2) is 38.2 Å². The van der Waals surface area contributed by atoms with Crippen molar-refractivity contribution in [1.29, 1.82) is 0 Å². The third-order valence-electron chi connectivity index (χ3n) is 9.44. The molecule has 0 saturated heterocycles. The number of aliphatic hydroxyl groups is 2. The summed E-state index contributed by atoms with van der Waals surface area (Å²) in [7, 11) is 0. The zero-order valence-corrected chi connectivity index (χ0v) is 20.7. The molecular formula is C27H33NO5S. The second-order valence-electron chi connectivity index (χ2n) is 11.1. The number of hydrogen-bond donors (Lipinski definition) is 3. The second kappa shape index (κ2) is 8.05. The number of aliphatic hydroxyl groups excluding tert-OH is 1. The lowest BCUT2D eigenvalue weighted by atomic mass is 9.46.